The van der Waals surface area contributed by atoms with Gasteiger partial charge in [0.05, 0.1) is 45.5 Å². The fraction of sp³-hybridized carbons (Fsp3) is 0.0217. The first-order valence-corrected chi connectivity index (χ1v) is 16.6. The third-order valence-electron chi connectivity index (χ3n) is 9.47. The fourth-order valence-corrected chi connectivity index (χ4v) is 7.15. The third kappa shape index (κ3) is 5.35. The standard InChI is InChI=1S/C46H29N5/c1-30-11-2-3-15-35(30)37-16-4-6-20-42(37)50-34-14-8-12-32(26-34)36-18-10-19-39(41(36)29-49)46-33(28-48)13-9-22-45(46)51-43-21-7-5-17-38(43)40-25-31(27-47)23-24-44(40)51/h2-26,50H,1H3. The smallest absolute Gasteiger partial charge is 0.100 e. The second-order valence-corrected chi connectivity index (χ2v) is 12.4. The van der Waals surface area contributed by atoms with Crippen molar-refractivity contribution in [3.8, 4) is 57.3 Å². The first kappa shape index (κ1) is 30.9. The summed E-state index contributed by atoms with van der Waals surface area (Å²) in [6.45, 7) is 2.12. The van der Waals surface area contributed by atoms with Crippen molar-refractivity contribution in [3.05, 3.63) is 174 Å². The molecule has 5 heteroatoms. The van der Waals surface area contributed by atoms with E-state index in [9.17, 15) is 15.8 Å². The molecule has 0 spiro atoms. The molecule has 0 atom stereocenters. The summed E-state index contributed by atoms with van der Waals surface area (Å²) in [7, 11) is 0. The van der Waals surface area contributed by atoms with Gasteiger partial charge in [0.25, 0.3) is 0 Å². The molecular weight excluding hydrogens is 623 g/mol. The number of hydrogen-bond acceptors (Lipinski definition) is 4. The van der Waals surface area contributed by atoms with Crippen molar-refractivity contribution < 1.29 is 0 Å². The van der Waals surface area contributed by atoms with E-state index >= 15 is 0 Å². The molecule has 0 bridgehead atoms. The predicted molar refractivity (Wildman–Crippen MR) is 206 cm³/mol. The van der Waals surface area contributed by atoms with Crippen LogP contribution in [-0.2, 0) is 0 Å². The number of fused-ring (bicyclic) bond motifs is 3. The van der Waals surface area contributed by atoms with Gasteiger partial charge in [-0.3, -0.25) is 0 Å². The van der Waals surface area contributed by atoms with Crippen molar-refractivity contribution in [1.29, 1.82) is 15.8 Å². The van der Waals surface area contributed by atoms with Gasteiger partial charge in [0.15, 0.2) is 0 Å². The molecule has 0 amide bonds. The van der Waals surface area contributed by atoms with Crippen molar-refractivity contribution in [2.75, 3.05) is 5.32 Å². The van der Waals surface area contributed by atoms with E-state index in [1.165, 1.54) is 5.56 Å². The summed E-state index contributed by atoms with van der Waals surface area (Å²) in [5.41, 5.74) is 12.5. The lowest BCUT2D eigenvalue weighted by Gasteiger charge is -2.18. The molecule has 1 heterocycles. The average Bonchev–Trinajstić information content (AvgIpc) is 3.51. The van der Waals surface area contributed by atoms with E-state index in [4.69, 9.17) is 0 Å². The Morgan fingerprint density at radius 3 is 2.06 bits per heavy atom. The fourth-order valence-electron chi connectivity index (χ4n) is 7.15. The van der Waals surface area contributed by atoms with E-state index in [0.717, 1.165) is 61.1 Å². The molecule has 0 radical (unpaired) electrons. The highest BCUT2D eigenvalue weighted by Gasteiger charge is 2.22. The number of para-hydroxylation sites is 2. The van der Waals surface area contributed by atoms with Gasteiger partial charge in [0, 0.05) is 44.4 Å². The number of hydrogen-bond donors (Lipinski definition) is 1. The maximum absolute atomic E-state index is 10.8. The summed E-state index contributed by atoms with van der Waals surface area (Å²) < 4.78 is 2.13. The topological polar surface area (TPSA) is 88.3 Å². The number of nitrogens with zero attached hydrogens (tertiary/aromatic N) is 4. The van der Waals surface area contributed by atoms with Gasteiger partial charge >= 0.3 is 0 Å². The lowest BCUT2D eigenvalue weighted by atomic mass is 9.89. The number of benzene rings is 7. The van der Waals surface area contributed by atoms with Gasteiger partial charge in [-0.2, -0.15) is 15.8 Å². The summed E-state index contributed by atoms with van der Waals surface area (Å²) in [6, 6.07) is 57.1. The Labute approximate surface area is 296 Å². The molecule has 8 rings (SSSR count). The highest BCUT2D eigenvalue weighted by atomic mass is 15.0. The van der Waals surface area contributed by atoms with Crippen LogP contribution >= 0.6 is 0 Å². The van der Waals surface area contributed by atoms with Gasteiger partial charge in [-0.15, -0.1) is 0 Å². The Balaban J connectivity index is 1.28. The summed E-state index contributed by atoms with van der Waals surface area (Å²) in [6.07, 6.45) is 0. The zero-order valence-corrected chi connectivity index (χ0v) is 27.7. The van der Waals surface area contributed by atoms with Crippen molar-refractivity contribution in [2.24, 2.45) is 0 Å². The van der Waals surface area contributed by atoms with E-state index in [1.54, 1.807) is 6.07 Å². The summed E-state index contributed by atoms with van der Waals surface area (Å²) in [5, 5.41) is 36.5. The minimum Gasteiger partial charge on any atom is -0.355 e. The quantitative estimate of drug-likeness (QED) is 0.194. The molecule has 0 unspecified atom stereocenters. The maximum atomic E-state index is 10.8. The van der Waals surface area contributed by atoms with Crippen LogP contribution in [-0.4, -0.2) is 4.57 Å². The van der Waals surface area contributed by atoms with Crippen LogP contribution in [0.25, 0.3) is 60.9 Å². The van der Waals surface area contributed by atoms with Gasteiger partial charge in [-0.1, -0.05) is 97.1 Å². The summed E-state index contributed by atoms with van der Waals surface area (Å²) >= 11 is 0. The first-order valence-electron chi connectivity index (χ1n) is 16.6. The van der Waals surface area contributed by atoms with Gasteiger partial charge in [-0.05, 0) is 78.2 Å². The molecule has 0 fully saturated rings. The Bertz CT molecular complexity index is 2780. The number of rotatable bonds is 6. The van der Waals surface area contributed by atoms with E-state index in [1.807, 2.05) is 109 Å². The van der Waals surface area contributed by atoms with Crippen LogP contribution in [0.15, 0.2) is 152 Å². The van der Waals surface area contributed by atoms with Crippen molar-refractivity contribution in [2.45, 2.75) is 6.92 Å². The average molecular weight is 652 g/mol. The molecule has 1 N–H and O–H groups in total. The molecule has 5 nitrogen and oxygen atoms in total. The normalized spacial score (nSPS) is 10.8. The highest BCUT2D eigenvalue weighted by Crippen LogP contribution is 2.41. The second-order valence-electron chi connectivity index (χ2n) is 12.4. The van der Waals surface area contributed by atoms with Crippen LogP contribution in [0.4, 0.5) is 11.4 Å². The van der Waals surface area contributed by atoms with Crippen LogP contribution in [0.1, 0.15) is 22.3 Å². The zero-order chi connectivity index (χ0) is 34.9. The van der Waals surface area contributed by atoms with Crippen LogP contribution in [0.2, 0.25) is 0 Å². The van der Waals surface area contributed by atoms with E-state index in [2.05, 4.69) is 71.4 Å². The zero-order valence-electron chi connectivity index (χ0n) is 27.7. The Morgan fingerprint density at radius 2 is 1.24 bits per heavy atom. The summed E-state index contributed by atoms with van der Waals surface area (Å²) in [4.78, 5) is 0. The predicted octanol–water partition coefficient (Wildman–Crippen LogP) is 11.5. The molecule has 0 aliphatic rings. The molecule has 7 aromatic carbocycles. The van der Waals surface area contributed by atoms with Gasteiger partial charge in [-0.25, -0.2) is 0 Å². The number of anilines is 2. The Morgan fingerprint density at radius 1 is 0.529 bits per heavy atom. The maximum Gasteiger partial charge on any atom is 0.100 e. The Hall–Kier alpha value is -7.39. The first-order chi connectivity index (χ1) is 25.1. The number of nitriles is 3. The van der Waals surface area contributed by atoms with E-state index in [0.29, 0.717) is 27.8 Å². The minimum absolute atomic E-state index is 0.462. The van der Waals surface area contributed by atoms with Crippen LogP contribution in [0.5, 0.6) is 0 Å². The minimum atomic E-state index is 0.462. The number of aromatic nitrogens is 1. The lowest BCUT2D eigenvalue weighted by Crippen LogP contribution is -2.01. The molecule has 1 aromatic heterocycles. The largest absolute Gasteiger partial charge is 0.355 e. The molecule has 0 saturated carbocycles. The van der Waals surface area contributed by atoms with E-state index < -0.39 is 0 Å². The van der Waals surface area contributed by atoms with Crippen LogP contribution in [0.3, 0.4) is 0 Å². The van der Waals surface area contributed by atoms with Gasteiger partial charge in [0.1, 0.15) is 6.07 Å². The molecule has 238 valence electrons. The number of aryl methyl sites for hydroxylation is 1. The third-order valence-corrected chi connectivity index (χ3v) is 9.47. The molecule has 0 saturated heterocycles. The van der Waals surface area contributed by atoms with Gasteiger partial charge in [0.2, 0.25) is 0 Å². The summed E-state index contributed by atoms with van der Waals surface area (Å²) in [5.74, 6) is 0. The molecule has 0 aliphatic carbocycles. The molecule has 8 aromatic rings. The lowest BCUT2D eigenvalue weighted by molar-refractivity contribution is 1.18. The van der Waals surface area contributed by atoms with Crippen LogP contribution in [0, 0.1) is 40.9 Å². The highest BCUT2D eigenvalue weighted by molar-refractivity contribution is 6.10. The van der Waals surface area contributed by atoms with E-state index in [-0.39, 0.29) is 0 Å². The van der Waals surface area contributed by atoms with Crippen molar-refractivity contribution in [1.82, 2.24) is 4.57 Å². The van der Waals surface area contributed by atoms with Crippen molar-refractivity contribution >= 4 is 33.2 Å². The molecule has 51 heavy (non-hydrogen) atoms. The number of nitrogens with one attached hydrogen (secondary N) is 1. The SMILES string of the molecule is Cc1ccccc1-c1ccccc1Nc1cccc(-c2cccc(-c3c(C#N)cccc3-n3c4ccccc4c4cc(C#N)ccc43)c2C#N)c1. The second kappa shape index (κ2) is 12.9. The molecular formula is C46H29N5. The molecule has 0 aliphatic heterocycles. The van der Waals surface area contributed by atoms with Crippen molar-refractivity contribution in [3.63, 3.8) is 0 Å². The Kier molecular flexibility index (Phi) is 7.82. The monoisotopic (exact) mass is 651 g/mol. The van der Waals surface area contributed by atoms with Crippen LogP contribution < -0.4 is 5.32 Å². The van der Waals surface area contributed by atoms with Gasteiger partial charge < -0.3 is 9.88 Å².